The van der Waals surface area contributed by atoms with Gasteiger partial charge in [-0.15, -0.1) is 11.3 Å². The molecule has 0 fully saturated rings. The number of hydrogen-bond donors (Lipinski definition) is 2. The molecule has 0 aliphatic rings. The number of nitrogens with zero attached hydrogens (tertiary/aromatic N) is 4. The van der Waals surface area contributed by atoms with E-state index < -0.39 is 5.97 Å². The van der Waals surface area contributed by atoms with E-state index >= 15 is 0 Å². The van der Waals surface area contributed by atoms with Crippen molar-refractivity contribution in [1.29, 1.82) is 0 Å². The zero-order valence-corrected chi connectivity index (χ0v) is 12.3. The molecule has 0 amide bonds. The van der Waals surface area contributed by atoms with Crippen molar-refractivity contribution in [1.82, 2.24) is 19.6 Å². The molecule has 0 radical (unpaired) electrons. The molecule has 2 N–H and O–H groups in total. The molecule has 1 atom stereocenters. The number of aryl methyl sites for hydroxylation is 1. The summed E-state index contributed by atoms with van der Waals surface area (Å²) in [7, 11) is 0. The molecule has 108 valence electrons. The highest BCUT2D eigenvalue weighted by Gasteiger charge is 2.15. The summed E-state index contributed by atoms with van der Waals surface area (Å²) in [6.45, 7) is 3.83. The summed E-state index contributed by atoms with van der Waals surface area (Å²) < 4.78 is 1.75. The van der Waals surface area contributed by atoms with Crippen LogP contribution in [0.4, 0.5) is 5.82 Å². The monoisotopic (exact) mass is 303 g/mol. The molecule has 3 aromatic heterocycles. The summed E-state index contributed by atoms with van der Waals surface area (Å²) in [5.41, 5.74) is 1.84. The minimum atomic E-state index is -1.02. The fourth-order valence-corrected chi connectivity index (χ4v) is 2.81. The molecule has 0 bridgehead atoms. The number of aromatic nitrogens is 4. The molecular formula is C13H13N5O2S. The van der Waals surface area contributed by atoms with E-state index in [1.807, 2.05) is 19.9 Å². The number of thiazole rings is 1. The first-order valence-electron chi connectivity index (χ1n) is 6.31. The molecule has 1 unspecified atom stereocenters. The van der Waals surface area contributed by atoms with Crippen LogP contribution in [-0.2, 0) is 0 Å². The van der Waals surface area contributed by atoms with E-state index in [1.54, 1.807) is 16.9 Å². The second-order valence-electron chi connectivity index (χ2n) is 4.63. The third-order valence-corrected chi connectivity index (χ3v) is 4.00. The van der Waals surface area contributed by atoms with Gasteiger partial charge in [0.25, 0.3) is 0 Å². The summed E-state index contributed by atoms with van der Waals surface area (Å²) >= 11 is 1.31. The van der Waals surface area contributed by atoms with E-state index in [0.717, 1.165) is 11.2 Å². The molecule has 0 aromatic carbocycles. The maximum Gasteiger partial charge on any atom is 0.355 e. The summed E-state index contributed by atoms with van der Waals surface area (Å²) in [4.78, 5) is 19.3. The van der Waals surface area contributed by atoms with Gasteiger partial charge in [-0.25, -0.2) is 19.3 Å². The fourth-order valence-electron chi connectivity index (χ4n) is 2.01. The number of anilines is 1. The van der Waals surface area contributed by atoms with Crippen LogP contribution in [0.25, 0.3) is 5.52 Å². The third-order valence-electron chi connectivity index (χ3n) is 2.98. The van der Waals surface area contributed by atoms with Crippen LogP contribution in [-0.4, -0.2) is 30.7 Å². The zero-order chi connectivity index (χ0) is 15.0. The molecule has 3 aromatic rings. The van der Waals surface area contributed by atoms with Gasteiger partial charge in [0.1, 0.15) is 10.5 Å². The maximum atomic E-state index is 10.9. The Bertz CT molecular complexity index is 810. The molecule has 0 saturated carbocycles. The minimum Gasteiger partial charge on any atom is -0.476 e. The molecular weight excluding hydrogens is 290 g/mol. The van der Waals surface area contributed by atoms with E-state index in [-0.39, 0.29) is 11.7 Å². The largest absolute Gasteiger partial charge is 0.476 e. The lowest BCUT2D eigenvalue weighted by Gasteiger charge is -2.12. The lowest BCUT2D eigenvalue weighted by Crippen LogP contribution is -2.09. The van der Waals surface area contributed by atoms with Crippen molar-refractivity contribution in [2.75, 3.05) is 5.32 Å². The Morgan fingerprint density at radius 3 is 3.05 bits per heavy atom. The number of nitrogens with one attached hydrogen (secondary N) is 1. The van der Waals surface area contributed by atoms with Crippen LogP contribution in [0.15, 0.2) is 23.8 Å². The normalized spacial score (nSPS) is 12.5. The Balaban J connectivity index is 1.88. The van der Waals surface area contributed by atoms with Crippen molar-refractivity contribution in [3.8, 4) is 0 Å². The molecule has 0 spiro atoms. The Morgan fingerprint density at radius 1 is 1.52 bits per heavy atom. The van der Waals surface area contributed by atoms with Crippen LogP contribution in [0.3, 0.4) is 0 Å². The molecule has 21 heavy (non-hydrogen) atoms. The maximum absolute atomic E-state index is 10.9. The van der Waals surface area contributed by atoms with Crippen LogP contribution >= 0.6 is 11.3 Å². The topological polar surface area (TPSA) is 92.4 Å². The molecule has 3 heterocycles. The van der Waals surface area contributed by atoms with Crippen LogP contribution in [0.1, 0.15) is 34.2 Å². The van der Waals surface area contributed by atoms with Gasteiger partial charge in [0.2, 0.25) is 0 Å². The quantitative estimate of drug-likeness (QED) is 0.768. The predicted octanol–water partition coefficient (Wildman–Crippen LogP) is 2.37. The number of carboxylic acid groups (broad SMARTS) is 1. The first-order valence-corrected chi connectivity index (χ1v) is 7.19. The number of carboxylic acids is 1. The molecule has 0 saturated heterocycles. The van der Waals surface area contributed by atoms with Crippen molar-refractivity contribution in [2.24, 2.45) is 0 Å². The zero-order valence-electron chi connectivity index (χ0n) is 11.4. The average Bonchev–Trinajstić information content (AvgIpc) is 3.04. The van der Waals surface area contributed by atoms with Crippen LogP contribution in [0.5, 0.6) is 0 Å². The van der Waals surface area contributed by atoms with Gasteiger partial charge in [-0.2, -0.15) is 5.10 Å². The lowest BCUT2D eigenvalue weighted by atomic mass is 10.3. The fraction of sp³-hybridized carbons (Fsp3) is 0.231. The highest BCUT2D eigenvalue weighted by atomic mass is 32.1. The first kappa shape index (κ1) is 13.5. The van der Waals surface area contributed by atoms with Crippen molar-refractivity contribution in [3.05, 3.63) is 40.2 Å². The van der Waals surface area contributed by atoms with Gasteiger partial charge in [-0.05, 0) is 19.9 Å². The van der Waals surface area contributed by atoms with Gasteiger partial charge in [0.05, 0.1) is 11.7 Å². The number of hydrogen-bond acceptors (Lipinski definition) is 6. The van der Waals surface area contributed by atoms with Crippen LogP contribution in [0.2, 0.25) is 0 Å². The summed E-state index contributed by atoms with van der Waals surface area (Å²) in [5.74, 6) is -0.325. The van der Waals surface area contributed by atoms with E-state index in [2.05, 4.69) is 20.4 Å². The number of carbonyl (C=O) groups is 1. The second kappa shape index (κ2) is 5.13. The van der Waals surface area contributed by atoms with Crippen molar-refractivity contribution < 1.29 is 9.90 Å². The van der Waals surface area contributed by atoms with Gasteiger partial charge in [-0.3, -0.25) is 0 Å². The smallest absolute Gasteiger partial charge is 0.355 e. The lowest BCUT2D eigenvalue weighted by molar-refractivity contribution is 0.0691. The minimum absolute atomic E-state index is 0.0648. The molecule has 7 nitrogen and oxygen atoms in total. The van der Waals surface area contributed by atoms with E-state index in [0.29, 0.717) is 10.8 Å². The van der Waals surface area contributed by atoms with Gasteiger partial charge < -0.3 is 10.4 Å². The molecule has 0 aliphatic carbocycles. The molecule has 0 aliphatic heterocycles. The standard InChI is InChI=1S/C13H13N5O2S/c1-7-5-10-11(14-3-4-18(10)17-7)15-8(2)12-16-9(6-21-12)13(19)20/h3-6,8H,1-2H3,(H,14,15)(H,19,20). The summed E-state index contributed by atoms with van der Waals surface area (Å²) in [6.07, 6.45) is 3.45. The highest BCUT2D eigenvalue weighted by Crippen LogP contribution is 2.24. The van der Waals surface area contributed by atoms with Gasteiger partial charge in [-0.1, -0.05) is 0 Å². The SMILES string of the molecule is Cc1cc2c(NC(C)c3nc(C(=O)O)cs3)nccn2n1. The number of rotatable bonds is 4. The summed E-state index contributed by atoms with van der Waals surface area (Å²) in [5, 5.41) is 18.7. The highest BCUT2D eigenvalue weighted by molar-refractivity contribution is 7.09. The predicted molar refractivity (Wildman–Crippen MR) is 78.8 cm³/mol. The first-order chi connectivity index (χ1) is 10.0. The van der Waals surface area contributed by atoms with Crippen molar-refractivity contribution in [3.63, 3.8) is 0 Å². The van der Waals surface area contributed by atoms with E-state index in [4.69, 9.17) is 5.11 Å². The second-order valence-corrected chi connectivity index (χ2v) is 5.52. The van der Waals surface area contributed by atoms with E-state index in [1.165, 1.54) is 16.7 Å². The summed E-state index contributed by atoms with van der Waals surface area (Å²) in [6, 6.07) is 1.80. The molecule has 8 heteroatoms. The van der Waals surface area contributed by atoms with Crippen LogP contribution in [0, 0.1) is 6.92 Å². The van der Waals surface area contributed by atoms with Gasteiger partial charge >= 0.3 is 5.97 Å². The van der Waals surface area contributed by atoms with E-state index in [9.17, 15) is 4.79 Å². The van der Waals surface area contributed by atoms with Crippen molar-refractivity contribution >= 4 is 28.6 Å². The molecule has 3 rings (SSSR count). The van der Waals surface area contributed by atoms with Crippen molar-refractivity contribution in [2.45, 2.75) is 19.9 Å². The Kier molecular flexibility index (Phi) is 3.30. The average molecular weight is 303 g/mol. The van der Waals surface area contributed by atoms with Crippen LogP contribution < -0.4 is 5.32 Å². The van der Waals surface area contributed by atoms with Gasteiger partial charge in [0, 0.05) is 17.8 Å². The Labute approximate surface area is 124 Å². The Hall–Kier alpha value is -2.48. The number of aromatic carboxylic acids is 1. The third kappa shape index (κ3) is 2.57. The van der Waals surface area contributed by atoms with Gasteiger partial charge in [0.15, 0.2) is 11.5 Å². The number of fused-ring (bicyclic) bond motifs is 1. The Morgan fingerprint density at radius 2 is 2.33 bits per heavy atom.